The standard InChI is InChI=1S/C8H8N4O4/c1-16-7(14)6(12-15)5-2-3-9-8(11-5)10-4-13/h2-4,15H,1H3,(H,9,10,11,13)/b12-6-. The van der Waals surface area contributed by atoms with Crippen molar-refractivity contribution in [2.24, 2.45) is 5.16 Å². The molecule has 16 heavy (non-hydrogen) atoms. The van der Waals surface area contributed by atoms with Crippen LogP contribution in [0.3, 0.4) is 0 Å². The fraction of sp³-hybridized carbons (Fsp3) is 0.125. The normalized spacial score (nSPS) is 10.7. The molecule has 0 bridgehead atoms. The third kappa shape index (κ3) is 2.50. The molecular weight excluding hydrogens is 216 g/mol. The number of ether oxygens (including phenoxy) is 1. The summed E-state index contributed by atoms with van der Waals surface area (Å²) >= 11 is 0. The van der Waals surface area contributed by atoms with Crippen LogP contribution in [0.15, 0.2) is 17.4 Å². The Morgan fingerprint density at radius 2 is 2.44 bits per heavy atom. The van der Waals surface area contributed by atoms with Gasteiger partial charge in [0.05, 0.1) is 7.11 Å². The van der Waals surface area contributed by atoms with E-state index in [1.807, 2.05) is 0 Å². The summed E-state index contributed by atoms with van der Waals surface area (Å²) < 4.78 is 4.38. The number of hydrogen-bond donors (Lipinski definition) is 2. The van der Waals surface area contributed by atoms with Crippen LogP contribution in [0.2, 0.25) is 0 Å². The molecule has 0 saturated carbocycles. The summed E-state index contributed by atoms with van der Waals surface area (Å²) in [6.07, 6.45) is 1.68. The van der Waals surface area contributed by atoms with Crippen molar-refractivity contribution in [1.82, 2.24) is 9.97 Å². The van der Waals surface area contributed by atoms with Gasteiger partial charge in [-0.2, -0.15) is 0 Å². The lowest BCUT2D eigenvalue weighted by atomic mass is 10.2. The minimum atomic E-state index is -0.849. The maximum absolute atomic E-state index is 11.1. The minimum absolute atomic E-state index is 0.0162. The van der Waals surface area contributed by atoms with Crippen LogP contribution in [0.4, 0.5) is 5.95 Å². The SMILES string of the molecule is COC(=O)/C(=N\O)c1ccnc(NC=O)n1. The van der Waals surface area contributed by atoms with E-state index < -0.39 is 5.97 Å². The highest BCUT2D eigenvalue weighted by molar-refractivity contribution is 6.42. The van der Waals surface area contributed by atoms with Crippen molar-refractivity contribution in [2.75, 3.05) is 12.4 Å². The van der Waals surface area contributed by atoms with E-state index in [1.165, 1.54) is 12.3 Å². The zero-order chi connectivity index (χ0) is 12.0. The number of esters is 1. The monoisotopic (exact) mass is 224 g/mol. The number of oxime groups is 1. The highest BCUT2D eigenvalue weighted by Gasteiger charge is 2.17. The van der Waals surface area contributed by atoms with Gasteiger partial charge in [-0.05, 0) is 6.07 Å². The van der Waals surface area contributed by atoms with Crippen molar-refractivity contribution in [2.45, 2.75) is 0 Å². The van der Waals surface area contributed by atoms with Gasteiger partial charge < -0.3 is 9.94 Å². The van der Waals surface area contributed by atoms with Crippen LogP contribution in [0.5, 0.6) is 0 Å². The molecule has 0 aliphatic heterocycles. The number of amides is 1. The van der Waals surface area contributed by atoms with E-state index in [9.17, 15) is 9.59 Å². The molecule has 0 saturated heterocycles. The molecule has 8 nitrogen and oxygen atoms in total. The Kier molecular flexibility index (Phi) is 3.90. The predicted molar refractivity (Wildman–Crippen MR) is 52.1 cm³/mol. The highest BCUT2D eigenvalue weighted by Crippen LogP contribution is 2.02. The van der Waals surface area contributed by atoms with E-state index in [4.69, 9.17) is 5.21 Å². The average molecular weight is 224 g/mol. The van der Waals surface area contributed by atoms with E-state index in [2.05, 4.69) is 25.2 Å². The van der Waals surface area contributed by atoms with Crippen molar-refractivity contribution in [1.29, 1.82) is 0 Å². The van der Waals surface area contributed by atoms with Crippen LogP contribution in [0, 0.1) is 0 Å². The molecule has 1 aromatic rings. The number of rotatable bonds is 4. The predicted octanol–water partition coefficient (Wildman–Crippen LogP) is -0.604. The molecule has 0 fully saturated rings. The van der Waals surface area contributed by atoms with Gasteiger partial charge in [0.15, 0.2) is 0 Å². The lowest BCUT2D eigenvalue weighted by Gasteiger charge is -2.02. The van der Waals surface area contributed by atoms with Gasteiger partial charge in [0, 0.05) is 6.20 Å². The van der Waals surface area contributed by atoms with Crippen LogP contribution in [-0.4, -0.2) is 40.4 Å². The number of methoxy groups -OCH3 is 1. The molecule has 1 amide bonds. The molecule has 1 aromatic heterocycles. The Balaban J connectivity index is 3.06. The van der Waals surface area contributed by atoms with Gasteiger partial charge in [0.1, 0.15) is 5.69 Å². The smallest absolute Gasteiger partial charge is 0.362 e. The second-order valence-electron chi connectivity index (χ2n) is 2.47. The summed E-state index contributed by atoms with van der Waals surface area (Å²) in [6, 6.07) is 1.34. The molecule has 1 rings (SSSR count). The Morgan fingerprint density at radius 1 is 1.69 bits per heavy atom. The van der Waals surface area contributed by atoms with E-state index in [0.717, 1.165) is 7.11 Å². The molecule has 0 aromatic carbocycles. The van der Waals surface area contributed by atoms with Crippen molar-refractivity contribution in [3.05, 3.63) is 18.0 Å². The summed E-state index contributed by atoms with van der Waals surface area (Å²) in [4.78, 5) is 28.7. The lowest BCUT2D eigenvalue weighted by molar-refractivity contribution is -0.132. The molecule has 8 heteroatoms. The van der Waals surface area contributed by atoms with Crippen LogP contribution in [0.25, 0.3) is 0 Å². The maximum atomic E-state index is 11.1. The Bertz CT molecular complexity index is 432. The number of carbonyl (C=O) groups excluding carboxylic acids is 2. The highest BCUT2D eigenvalue weighted by atomic mass is 16.5. The lowest BCUT2D eigenvalue weighted by Crippen LogP contribution is -2.19. The molecule has 0 spiro atoms. The van der Waals surface area contributed by atoms with Crippen LogP contribution < -0.4 is 5.32 Å². The first kappa shape index (κ1) is 11.6. The molecular formula is C8H8N4O4. The van der Waals surface area contributed by atoms with Crippen molar-refractivity contribution >= 4 is 24.0 Å². The first-order valence-electron chi connectivity index (χ1n) is 4.07. The Hall–Kier alpha value is -2.51. The fourth-order valence-electron chi connectivity index (χ4n) is 0.906. The molecule has 0 aliphatic rings. The summed E-state index contributed by atoms with van der Waals surface area (Å²) in [5.74, 6) is -0.865. The van der Waals surface area contributed by atoms with E-state index in [0.29, 0.717) is 6.41 Å². The minimum Gasteiger partial charge on any atom is -0.464 e. The first-order valence-corrected chi connectivity index (χ1v) is 4.07. The number of nitrogens with zero attached hydrogens (tertiary/aromatic N) is 3. The second kappa shape index (κ2) is 5.39. The van der Waals surface area contributed by atoms with Gasteiger partial charge in [0.2, 0.25) is 18.1 Å². The molecule has 84 valence electrons. The van der Waals surface area contributed by atoms with Crippen molar-refractivity contribution in [3.8, 4) is 0 Å². The second-order valence-corrected chi connectivity index (χ2v) is 2.47. The summed E-state index contributed by atoms with van der Waals surface area (Å²) in [6.45, 7) is 0. The van der Waals surface area contributed by atoms with E-state index >= 15 is 0 Å². The number of carbonyl (C=O) groups is 2. The Labute approximate surface area is 90.0 Å². The quantitative estimate of drug-likeness (QED) is 0.232. The molecule has 0 atom stereocenters. The van der Waals surface area contributed by atoms with Gasteiger partial charge >= 0.3 is 5.97 Å². The number of aromatic nitrogens is 2. The van der Waals surface area contributed by atoms with Gasteiger partial charge in [-0.15, -0.1) is 0 Å². The third-order valence-electron chi connectivity index (χ3n) is 1.56. The maximum Gasteiger partial charge on any atom is 0.362 e. The summed E-state index contributed by atoms with van der Waals surface area (Å²) in [5, 5.41) is 13.6. The van der Waals surface area contributed by atoms with Gasteiger partial charge in [-0.25, -0.2) is 14.8 Å². The average Bonchev–Trinajstić information content (AvgIpc) is 2.31. The van der Waals surface area contributed by atoms with Crippen LogP contribution in [0.1, 0.15) is 5.69 Å². The molecule has 0 unspecified atom stereocenters. The van der Waals surface area contributed by atoms with Crippen LogP contribution >= 0.6 is 0 Å². The first-order chi connectivity index (χ1) is 7.72. The topological polar surface area (TPSA) is 114 Å². The van der Waals surface area contributed by atoms with Crippen LogP contribution in [-0.2, 0) is 14.3 Å². The van der Waals surface area contributed by atoms with Gasteiger partial charge in [-0.3, -0.25) is 10.1 Å². The zero-order valence-electron chi connectivity index (χ0n) is 8.25. The number of nitrogens with one attached hydrogen (secondary N) is 1. The fourth-order valence-corrected chi connectivity index (χ4v) is 0.906. The molecule has 2 N–H and O–H groups in total. The summed E-state index contributed by atoms with van der Waals surface area (Å²) in [7, 11) is 1.14. The Morgan fingerprint density at radius 3 is 3.00 bits per heavy atom. The van der Waals surface area contributed by atoms with Gasteiger partial charge in [-0.1, -0.05) is 5.16 Å². The number of anilines is 1. The van der Waals surface area contributed by atoms with E-state index in [1.54, 1.807) is 0 Å². The van der Waals surface area contributed by atoms with Crippen molar-refractivity contribution in [3.63, 3.8) is 0 Å². The van der Waals surface area contributed by atoms with Crippen molar-refractivity contribution < 1.29 is 19.5 Å². The molecule has 1 heterocycles. The summed E-state index contributed by atoms with van der Waals surface area (Å²) in [5.41, 5.74) is -0.340. The number of hydrogen-bond acceptors (Lipinski definition) is 7. The molecule has 0 radical (unpaired) electrons. The zero-order valence-corrected chi connectivity index (χ0v) is 8.25. The largest absolute Gasteiger partial charge is 0.464 e. The van der Waals surface area contributed by atoms with E-state index in [-0.39, 0.29) is 17.4 Å². The molecule has 0 aliphatic carbocycles. The van der Waals surface area contributed by atoms with Gasteiger partial charge in [0.25, 0.3) is 0 Å². The third-order valence-corrected chi connectivity index (χ3v) is 1.56.